The van der Waals surface area contributed by atoms with E-state index < -0.39 is 0 Å². The highest BCUT2D eigenvalue weighted by molar-refractivity contribution is 6.31. The monoisotopic (exact) mass is 452 g/mol. The number of nitrogens with one attached hydrogen (secondary N) is 2. The molecule has 1 aliphatic heterocycles. The largest absolute Gasteiger partial charge is 0.372 e. The molecule has 3 aromatic carbocycles. The SMILES string of the molecule is O=C1C[C@H](c2c(F)cccc2Cl)CC2=C1[C@@H](c1ccc(Cl)cc1)Nc1ccccc1N2. The quantitative estimate of drug-likeness (QED) is 0.435. The summed E-state index contributed by atoms with van der Waals surface area (Å²) in [7, 11) is 0. The Hall–Kier alpha value is -2.82. The average Bonchev–Trinajstić information content (AvgIpc) is 2.91. The van der Waals surface area contributed by atoms with Gasteiger partial charge in [-0.1, -0.05) is 53.5 Å². The lowest BCUT2D eigenvalue weighted by Crippen LogP contribution is -2.27. The molecule has 0 spiro atoms. The van der Waals surface area contributed by atoms with Crippen LogP contribution in [0.2, 0.25) is 10.0 Å². The Morgan fingerprint density at radius 1 is 0.871 bits per heavy atom. The molecule has 2 N–H and O–H groups in total. The zero-order chi connectivity index (χ0) is 21.5. The van der Waals surface area contributed by atoms with Crippen molar-refractivity contribution in [2.24, 2.45) is 0 Å². The fourth-order valence-electron chi connectivity index (χ4n) is 4.50. The molecule has 2 atom stereocenters. The molecule has 0 amide bonds. The highest BCUT2D eigenvalue weighted by Gasteiger charge is 2.37. The topological polar surface area (TPSA) is 41.1 Å². The van der Waals surface area contributed by atoms with E-state index in [9.17, 15) is 9.18 Å². The van der Waals surface area contributed by atoms with Gasteiger partial charge in [0, 0.05) is 39.2 Å². The Labute approximate surface area is 189 Å². The minimum absolute atomic E-state index is 0.0293. The van der Waals surface area contributed by atoms with Crippen LogP contribution in [0.15, 0.2) is 78.0 Å². The van der Waals surface area contributed by atoms with E-state index in [1.807, 2.05) is 48.5 Å². The van der Waals surface area contributed by atoms with Gasteiger partial charge in [-0.25, -0.2) is 4.39 Å². The van der Waals surface area contributed by atoms with Crippen molar-refractivity contribution in [3.05, 3.63) is 105 Å². The highest BCUT2D eigenvalue weighted by atomic mass is 35.5. The number of benzene rings is 3. The minimum Gasteiger partial charge on any atom is -0.372 e. The maximum atomic E-state index is 14.6. The van der Waals surface area contributed by atoms with Gasteiger partial charge < -0.3 is 10.6 Å². The standard InChI is InChI=1S/C25H19Cl2FN2O/c26-16-10-8-14(9-11-16)25-24-21(29-19-6-1-2-7-20(19)30-25)12-15(13-22(24)31)23-17(27)4-3-5-18(23)28/h1-11,15,25,29-30H,12-13H2/t15-,25-/m1/s1. The molecule has 0 saturated carbocycles. The molecule has 2 aliphatic rings. The van der Waals surface area contributed by atoms with Crippen molar-refractivity contribution in [2.75, 3.05) is 10.6 Å². The lowest BCUT2D eigenvalue weighted by molar-refractivity contribution is -0.116. The Morgan fingerprint density at radius 2 is 1.61 bits per heavy atom. The molecule has 1 aliphatic carbocycles. The van der Waals surface area contributed by atoms with E-state index in [4.69, 9.17) is 23.2 Å². The Bertz CT molecular complexity index is 1190. The summed E-state index contributed by atoms with van der Waals surface area (Å²) in [6.07, 6.45) is 0.686. The summed E-state index contributed by atoms with van der Waals surface area (Å²) in [6, 6.07) is 19.6. The number of carbonyl (C=O) groups is 1. The van der Waals surface area contributed by atoms with E-state index >= 15 is 0 Å². The Morgan fingerprint density at radius 3 is 2.35 bits per heavy atom. The molecule has 0 radical (unpaired) electrons. The first-order valence-corrected chi connectivity index (χ1v) is 10.8. The van der Waals surface area contributed by atoms with Gasteiger partial charge in [0.1, 0.15) is 5.82 Å². The highest BCUT2D eigenvalue weighted by Crippen LogP contribution is 2.45. The number of hydrogen-bond donors (Lipinski definition) is 2. The number of allylic oxidation sites excluding steroid dienone is 1. The third-order valence-electron chi connectivity index (χ3n) is 5.92. The molecule has 5 rings (SSSR count). The molecule has 156 valence electrons. The summed E-state index contributed by atoms with van der Waals surface area (Å²) in [5, 5.41) is 7.95. The summed E-state index contributed by atoms with van der Waals surface area (Å²) in [6.45, 7) is 0. The summed E-state index contributed by atoms with van der Waals surface area (Å²) >= 11 is 12.4. The fraction of sp³-hybridized carbons (Fsp3) is 0.160. The maximum absolute atomic E-state index is 14.6. The average molecular weight is 453 g/mol. The Balaban J connectivity index is 1.63. The van der Waals surface area contributed by atoms with Crippen molar-refractivity contribution in [3.8, 4) is 0 Å². The first-order chi connectivity index (χ1) is 15.0. The first kappa shape index (κ1) is 20.1. The minimum atomic E-state index is -0.379. The van der Waals surface area contributed by atoms with Crippen molar-refractivity contribution in [1.29, 1.82) is 0 Å². The van der Waals surface area contributed by atoms with Gasteiger partial charge in [-0.05, 0) is 48.4 Å². The second-order valence-corrected chi connectivity index (χ2v) is 8.70. The van der Waals surface area contributed by atoms with E-state index in [0.29, 0.717) is 27.6 Å². The molecule has 6 heteroatoms. The maximum Gasteiger partial charge on any atom is 0.163 e. The van der Waals surface area contributed by atoms with Gasteiger partial charge >= 0.3 is 0 Å². The fourth-order valence-corrected chi connectivity index (χ4v) is 4.95. The number of halogens is 3. The van der Waals surface area contributed by atoms with Crippen LogP contribution >= 0.6 is 23.2 Å². The molecule has 3 nitrogen and oxygen atoms in total. The number of fused-ring (bicyclic) bond motifs is 1. The van der Waals surface area contributed by atoms with Gasteiger partial charge in [0.25, 0.3) is 0 Å². The molecule has 3 aromatic rings. The van der Waals surface area contributed by atoms with Crippen LogP contribution in [-0.4, -0.2) is 5.78 Å². The summed E-state index contributed by atoms with van der Waals surface area (Å²) in [5.41, 5.74) is 4.57. The summed E-state index contributed by atoms with van der Waals surface area (Å²) in [5.74, 6) is -0.738. The van der Waals surface area contributed by atoms with Crippen molar-refractivity contribution >= 4 is 40.4 Å². The number of rotatable bonds is 2. The molecule has 0 bridgehead atoms. The molecule has 31 heavy (non-hydrogen) atoms. The summed E-state index contributed by atoms with van der Waals surface area (Å²) < 4.78 is 14.6. The van der Waals surface area contributed by atoms with Crippen LogP contribution in [0.25, 0.3) is 0 Å². The number of hydrogen-bond acceptors (Lipinski definition) is 3. The Kier molecular flexibility index (Phi) is 5.20. The predicted octanol–water partition coefficient (Wildman–Crippen LogP) is 7.11. The lowest BCUT2D eigenvalue weighted by atomic mass is 9.78. The smallest absolute Gasteiger partial charge is 0.163 e. The van der Waals surface area contributed by atoms with Crippen LogP contribution in [0.3, 0.4) is 0 Å². The van der Waals surface area contributed by atoms with Crippen LogP contribution < -0.4 is 10.6 Å². The van der Waals surface area contributed by atoms with Gasteiger partial charge in [-0.2, -0.15) is 0 Å². The zero-order valence-electron chi connectivity index (χ0n) is 16.5. The number of carbonyl (C=O) groups excluding carboxylic acids is 1. The third kappa shape index (κ3) is 3.71. The molecule has 0 fully saturated rings. The van der Waals surface area contributed by atoms with Crippen molar-refractivity contribution in [1.82, 2.24) is 0 Å². The second-order valence-electron chi connectivity index (χ2n) is 7.86. The molecule has 0 unspecified atom stereocenters. The van der Waals surface area contributed by atoms with Gasteiger partial charge in [-0.15, -0.1) is 0 Å². The molecule has 0 saturated heterocycles. The number of para-hydroxylation sites is 2. The van der Waals surface area contributed by atoms with Crippen molar-refractivity contribution < 1.29 is 9.18 Å². The predicted molar refractivity (Wildman–Crippen MR) is 123 cm³/mol. The van der Waals surface area contributed by atoms with Crippen LogP contribution in [-0.2, 0) is 4.79 Å². The van der Waals surface area contributed by atoms with Gasteiger partial charge in [0.2, 0.25) is 0 Å². The zero-order valence-corrected chi connectivity index (χ0v) is 18.0. The van der Waals surface area contributed by atoms with Crippen LogP contribution in [0.1, 0.15) is 35.9 Å². The number of Topliss-reactive ketones (excluding diaryl/α,β-unsaturated/α-hetero) is 1. The molecule has 0 aromatic heterocycles. The number of ketones is 1. The van der Waals surface area contributed by atoms with Gasteiger partial charge in [-0.3, -0.25) is 4.79 Å². The molecular weight excluding hydrogens is 434 g/mol. The van der Waals surface area contributed by atoms with Crippen molar-refractivity contribution in [3.63, 3.8) is 0 Å². The van der Waals surface area contributed by atoms with Gasteiger partial charge in [0.15, 0.2) is 5.78 Å². The lowest BCUT2D eigenvalue weighted by Gasteiger charge is -2.30. The van der Waals surface area contributed by atoms with Crippen molar-refractivity contribution in [2.45, 2.75) is 24.8 Å². The second kappa shape index (κ2) is 8.03. The van der Waals surface area contributed by atoms with E-state index in [1.54, 1.807) is 12.1 Å². The van der Waals surface area contributed by atoms with E-state index in [-0.39, 0.29) is 30.0 Å². The van der Waals surface area contributed by atoms with Crippen LogP contribution in [0.5, 0.6) is 0 Å². The normalized spacial score (nSPS) is 20.3. The third-order valence-corrected chi connectivity index (χ3v) is 6.50. The van der Waals surface area contributed by atoms with E-state index in [0.717, 1.165) is 22.6 Å². The summed E-state index contributed by atoms with van der Waals surface area (Å²) in [4.78, 5) is 13.5. The van der Waals surface area contributed by atoms with Crippen LogP contribution in [0, 0.1) is 5.82 Å². The first-order valence-electron chi connectivity index (χ1n) is 10.1. The van der Waals surface area contributed by atoms with E-state index in [1.165, 1.54) is 6.07 Å². The van der Waals surface area contributed by atoms with Crippen LogP contribution in [0.4, 0.5) is 15.8 Å². The number of anilines is 2. The van der Waals surface area contributed by atoms with E-state index in [2.05, 4.69) is 10.6 Å². The molecular formula is C25H19Cl2FN2O. The van der Waals surface area contributed by atoms with Gasteiger partial charge in [0.05, 0.1) is 17.4 Å². The molecule has 1 heterocycles.